The van der Waals surface area contributed by atoms with Crippen molar-refractivity contribution in [3.05, 3.63) is 70.7 Å². The van der Waals surface area contributed by atoms with E-state index in [9.17, 15) is 19.5 Å². The van der Waals surface area contributed by atoms with Gasteiger partial charge in [0.05, 0.1) is 12.1 Å². The van der Waals surface area contributed by atoms with Gasteiger partial charge in [0.15, 0.2) is 5.13 Å². The molecule has 3 aromatic rings. The lowest BCUT2D eigenvalue weighted by Crippen LogP contribution is -2.42. The molecular formula is C25H23N3O5S. The van der Waals surface area contributed by atoms with Crippen molar-refractivity contribution in [1.29, 1.82) is 0 Å². The van der Waals surface area contributed by atoms with E-state index in [-0.39, 0.29) is 30.1 Å². The highest BCUT2D eigenvalue weighted by atomic mass is 32.1. The third-order valence-corrected chi connectivity index (χ3v) is 7.23. The van der Waals surface area contributed by atoms with E-state index in [1.165, 1.54) is 11.1 Å². The van der Waals surface area contributed by atoms with E-state index in [4.69, 9.17) is 4.74 Å². The summed E-state index contributed by atoms with van der Waals surface area (Å²) in [5.41, 5.74) is 4.55. The predicted octanol–water partition coefficient (Wildman–Crippen LogP) is 4.44. The van der Waals surface area contributed by atoms with Gasteiger partial charge in [-0.2, -0.15) is 0 Å². The molecule has 0 saturated carbocycles. The summed E-state index contributed by atoms with van der Waals surface area (Å²) >= 11 is 1.05. The number of thiazole rings is 1. The molecule has 1 unspecified atom stereocenters. The molecule has 34 heavy (non-hydrogen) atoms. The lowest BCUT2D eigenvalue weighted by atomic mass is 9.98. The number of carboxylic acids is 1. The Hall–Kier alpha value is -3.72. The van der Waals surface area contributed by atoms with Crippen LogP contribution in [0.2, 0.25) is 0 Å². The van der Waals surface area contributed by atoms with Crippen molar-refractivity contribution in [2.24, 2.45) is 5.92 Å². The van der Waals surface area contributed by atoms with Crippen LogP contribution in [0.15, 0.2) is 54.7 Å². The van der Waals surface area contributed by atoms with Gasteiger partial charge in [0.1, 0.15) is 11.5 Å². The Morgan fingerprint density at radius 3 is 2.44 bits per heavy atom. The highest BCUT2D eigenvalue weighted by molar-refractivity contribution is 7.17. The van der Waals surface area contributed by atoms with Crippen molar-refractivity contribution in [3.63, 3.8) is 0 Å². The Bertz CT molecular complexity index is 1210. The lowest BCUT2D eigenvalue weighted by Gasteiger charge is -2.30. The van der Waals surface area contributed by atoms with Gasteiger partial charge < -0.3 is 14.7 Å². The van der Waals surface area contributed by atoms with Crippen molar-refractivity contribution in [2.45, 2.75) is 18.8 Å². The molecule has 1 fully saturated rings. The number of nitrogens with zero attached hydrogens (tertiary/aromatic N) is 2. The van der Waals surface area contributed by atoms with Crippen molar-refractivity contribution >= 4 is 34.4 Å². The largest absolute Gasteiger partial charge is 0.481 e. The summed E-state index contributed by atoms with van der Waals surface area (Å²) in [5, 5.41) is 12.1. The molecule has 2 heterocycles. The second-order valence-corrected chi connectivity index (χ2v) is 9.44. The van der Waals surface area contributed by atoms with Crippen LogP contribution in [0.4, 0.5) is 9.93 Å². The Morgan fingerprint density at radius 1 is 1.09 bits per heavy atom. The molecule has 0 radical (unpaired) electrons. The van der Waals surface area contributed by atoms with E-state index in [0.717, 1.165) is 33.6 Å². The van der Waals surface area contributed by atoms with Crippen molar-refractivity contribution in [3.8, 4) is 11.1 Å². The van der Waals surface area contributed by atoms with Gasteiger partial charge in [-0.25, -0.2) is 9.78 Å². The Labute approximate surface area is 200 Å². The second kappa shape index (κ2) is 9.26. The zero-order valence-electron chi connectivity index (χ0n) is 18.3. The third kappa shape index (κ3) is 4.26. The molecule has 2 N–H and O–H groups in total. The monoisotopic (exact) mass is 477 g/mol. The summed E-state index contributed by atoms with van der Waals surface area (Å²) in [5.74, 6) is -1.76. The van der Waals surface area contributed by atoms with E-state index in [0.29, 0.717) is 24.3 Å². The Balaban J connectivity index is 1.20. The number of hydrogen-bond donors (Lipinski definition) is 2. The average molecular weight is 478 g/mol. The molecule has 174 valence electrons. The van der Waals surface area contributed by atoms with Gasteiger partial charge >= 0.3 is 12.1 Å². The number of carbonyl (C=O) groups is 3. The first-order valence-corrected chi connectivity index (χ1v) is 11.9. The van der Waals surface area contributed by atoms with Crippen LogP contribution in [0.5, 0.6) is 0 Å². The normalized spacial score (nSPS) is 17.1. The molecule has 5 rings (SSSR count). The minimum atomic E-state index is -0.889. The minimum absolute atomic E-state index is 0.0483. The quantitative estimate of drug-likeness (QED) is 0.562. The van der Waals surface area contributed by atoms with E-state index in [2.05, 4.69) is 34.6 Å². The second-order valence-electron chi connectivity index (χ2n) is 8.41. The van der Waals surface area contributed by atoms with E-state index in [1.54, 1.807) is 0 Å². The van der Waals surface area contributed by atoms with Gasteiger partial charge in [-0.1, -0.05) is 59.9 Å². The number of fused-ring (bicyclic) bond motifs is 3. The summed E-state index contributed by atoms with van der Waals surface area (Å²) in [6, 6.07) is 16.2. The first-order valence-electron chi connectivity index (χ1n) is 11.1. The fourth-order valence-corrected chi connectivity index (χ4v) is 5.44. The molecular weight excluding hydrogens is 454 g/mol. The van der Waals surface area contributed by atoms with Gasteiger partial charge in [0.2, 0.25) is 0 Å². The molecule has 0 bridgehead atoms. The van der Waals surface area contributed by atoms with Crippen LogP contribution in [-0.2, 0) is 9.53 Å². The first kappa shape index (κ1) is 22.1. The van der Waals surface area contributed by atoms with Gasteiger partial charge in [-0.05, 0) is 35.1 Å². The number of hydrogen-bond acceptors (Lipinski definition) is 6. The van der Waals surface area contributed by atoms with Crippen LogP contribution in [-0.4, -0.2) is 52.7 Å². The number of aliphatic carboxylic acids is 1. The standard InChI is InChI=1S/C25H23N3O5S/c29-22(28-11-5-6-15(13-28)23(30)31)21-12-26-24(34-21)27-25(32)33-14-20-18-9-3-1-7-16(18)17-8-2-4-10-19(17)20/h1-4,7-10,12,15,20H,5-6,11,13-14H2,(H,30,31)(H,26,27,32). The van der Waals surface area contributed by atoms with Crippen LogP contribution in [0.1, 0.15) is 39.6 Å². The van der Waals surface area contributed by atoms with Crippen LogP contribution < -0.4 is 5.32 Å². The number of carbonyl (C=O) groups excluding carboxylic acids is 2. The summed E-state index contributed by atoms with van der Waals surface area (Å²) < 4.78 is 5.53. The number of amides is 2. The molecule has 8 nitrogen and oxygen atoms in total. The maximum atomic E-state index is 12.8. The fraction of sp³-hybridized carbons (Fsp3) is 0.280. The number of nitrogens with one attached hydrogen (secondary N) is 1. The minimum Gasteiger partial charge on any atom is -0.481 e. The van der Waals surface area contributed by atoms with Gasteiger partial charge in [-0.15, -0.1) is 0 Å². The molecule has 1 atom stereocenters. The highest BCUT2D eigenvalue weighted by Crippen LogP contribution is 2.44. The molecule has 1 aromatic heterocycles. The van der Waals surface area contributed by atoms with Gasteiger partial charge in [-0.3, -0.25) is 14.9 Å². The number of anilines is 1. The van der Waals surface area contributed by atoms with Crippen molar-refractivity contribution in [1.82, 2.24) is 9.88 Å². The van der Waals surface area contributed by atoms with Gasteiger partial charge in [0, 0.05) is 19.0 Å². The molecule has 1 saturated heterocycles. The number of piperidine rings is 1. The van der Waals surface area contributed by atoms with Crippen molar-refractivity contribution < 1.29 is 24.2 Å². The summed E-state index contributed by atoms with van der Waals surface area (Å²) in [6.07, 6.45) is 1.97. The lowest BCUT2D eigenvalue weighted by molar-refractivity contribution is -0.143. The van der Waals surface area contributed by atoms with Crippen LogP contribution in [0.25, 0.3) is 11.1 Å². The smallest absolute Gasteiger partial charge is 0.413 e. The molecule has 9 heteroatoms. The molecule has 1 aliphatic heterocycles. The van der Waals surface area contributed by atoms with E-state index >= 15 is 0 Å². The van der Waals surface area contributed by atoms with E-state index in [1.807, 2.05) is 24.3 Å². The Kier molecular flexibility index (Phi) is 6.02. The zero-order chi connectivity index (χ0) is 23.7. The van der Waals surface area contributed by atoms with Gasteiger partial charge in [0.25, 0.3) is 5.91 Å². The molecule has 2 aromatic carbocycles. The third-order valence-electron chi connectivity index (χ3n) is 6.33. The number of rotatable bonds is 5. The summed E-state index contributed by atoms with van der Waals surface area (Å²) in [6.45, 7) is 0.873. The average Bonchev–Trinajstić information content (AvgIpc) is 3.45. The topological polar surface area (TPSA) is 109 Å². The molecule has 0 spiro atoms. The van der Waals surface area contributed by atoms with Crippen molar-refractivity contribution in [2.75, 3.05) is 25.0 Å². The summed E-state index contributed by atoms with van der Waals surface area (Å²) in [7, 11) is 0. The number of likely N-dealkylation sites (tertiary alicyclic amines) is 1. The Morgan fingerprint density at radius 2 is 1.76 bits per heavy atom. The van der Waals surface area contributed by atoms with Crippen LogP contribution in [0, 0.1) is 5.92 Å². The SMILES string of the molecule is O=C(Nc1ncc(C(=O)N2CCCC(C(=O)O)C2)s1)OCC1c2ccccc2-c2ccccc21. The maximum absolute atomic E-state index is 12.8. The van der Waals surface area contributed by atoms with E-state index < -0.39 is 18.0 Å². The number of carboxylic acid groups (broad SMARTS) is 1. The highest BCUT2D eigenvalue weighted by Gasteiger charge is 2.31. The molecule has 1 aliphatic carbocycles. The number of aromatic nitrogens is 1. The zero-order valence-corrected chi connectivity index (χ0v) is 19.1. The first-order chi connectivity index (χ1) is 16.5. The number of ether oxygens (including phenoxy) is 1. The predicted molar refractivity (Wildman–Crippen MR) is 127 cm³/mol. The molecule has 2 amide bonds. The number of benzene rings is 2. The van der Waals surface area contributed by atoms with Crippen LogP contribution >= 0.6 is 11.3 Å². The summed E-state index contributed by atoms with van der Waals surface area (Å²) in [4.78, 5) is 42.5. The van der Waals surface area contributed by atoms with Crippen LogP contribution in [0.3, 0.4) is 0 Å². The molecule has 2 aliphatic rings. The maximum Gasteiger partial charge on any atom is 0.413 e. The fourth-order valence-electron chi connectivity index (χ4n) is 4.67.